The number of thioether (sulfide) groups is 1. The van der Waals surface area contributed by atoms with Gasteiger partial charge in [0.1, 0.15) is 5.82 Å². The normalized spacial score (nSPS) is 14.5. The van der Waals surface area contributed by atoms with Crippen LogP contribution in [0.2, 0.25) is 0 Å². The van der Waals surface area contributed by atoms with E-state index in [1.807, 2.05) is 18.2 Å². The molecule has 0 saturated heterocycles. The van der Waals surface area contributed by atoms with Crippen LogP contribution in [0.4, 0.5) is 4.39 Å². The van der Waals surface area contributed by atoms with Gasteiger partial charge in [0.25, 0.3) is 5.91 Å². The van der Waals surface area contributed by atoms with Crippen LogP contribution < -0.4 is 5.32 Å². The lowest BCUT2D eigenvalue weighted by Crippen LogP contribution is -2.33. The van der Waals surface area contributed by atoms with Gasteiger partial charge in [0.05, 0.1) is 6.42 Å². The fraction of sp³-hybridized carbons (Fsp3) is 0.300. The summed E-state index contributed by atoms with van der Waals surface area (Å²) in [5.41, 5.74) is 0.658. The average molecular weight is 373 g/mol. The Morgan fingerprint density at radius 1 is 1.12 bits per heavy atom. The molecular formula is C20H20FNO3S. The smallest absolute Gasteiger partial charge is 0.307 e. The van der Waals surface area contributed by atoms with Crippen LogP contribution in [0.3, 0.4) is 0 Å². The summed E-state index contributed by atoms with van der Waals surface area (Å²) in [6, 6.07) is 15.3. The molecule has 0 unspecified atom stereocenters. The molecule has 2 aromatic carbocycles. The van der Waals surface area contributed by atoms with E-state index in [-0.39, 0.29) is 24.2 Å². The number of amides is 1. The van der Waals surface area contributed by atoms with Crippen LogP contribution in [0.1, 0.15) is 30.9 Å². The summed E-state index contributed by atoms with van der Waals surface area (Å²) in [5, 5.41) is 2.89. The first-order valence-electron chi connectivity index (χ1n) is 8.55. The van der Waals surface area contributed by atoms with Gasteiger partial charge in [-0.05, 0) is 37.1 Å². The number of hydrogen-bond donors (Lipinski definition) is 1. The van der Waals surface area contributed by atoms with Gasteiger partial charge in [-0.15, -0.1) is 11.8 Å². The Morgan fingerprint density at radius 2 is 1.81 bits per heavy atom. The summed E-state index contributed by atoms with van der Waals surface area (Å²) in [6.45, 7) is 0. The van der Waals surface area contributed by atoms with Crippen LogP contribution in [0.25, 0.3) is 0 Å². The zero-order chi connectivity index (χ0) is 18.4. The Hall–Kier alpha value is -2.34. The highest BCUT2D eigenvalue weighted by Crippen LogP contribution is 2.24. The number of hydrogen-bond acceptors (Lipinski definition) is 4. The monoisotopic (exact) mass is 373 g/mol. The lowest BCUT2D eigenvalue weighted by atomic mass is 10.1. The van der Waals surface area contributed by atoms with Crippen molar-refractivity contribution in [2.45, 2.75) is 36.3 Å². The number of benzene rings is 2. The molecule has 26 heavy (non-hydrogen) atoms. The molecule has 1 atom stereocenters. The summed E-state index contributed by atoms with van der Waals surface area (Å²) >= 11 is 1.44. The van der Waals surface area contributed by atoms with Crippen LogP contribution in [0.5, 0.6) is 0 Å². The SMILES string of the molecule is O=C(CCSc1ccc(F)cc1)O[C@H](C(=O)NC1CC1)c1ccccc1. The van der Waals surface area contributed by atoms with E-state index in [4.69, 9.17) is 4.74 Å². The van der Waals surface area contributed by atoms with Crippen molar-refractivity contribution in [3.63, 3.8) is 0 Å². The maximum Gasteiger partial charge on any atom is 0.307 e. The minimum absolute atomic E-state index is 0.169. The van der Waals surface area contributed by atoms with E-state index in [0.717, 1.165) is 17.7 Å². The molecule has 0 heterocycles. The maximum atomic E-state index is 12.9. The second kappa shape index (κ2) is 8.85. The number of halogens is 1. The second-order valence-corrected chi connectivity index (χ2v) is 7.28. The van der Waals surface area contributed by atoms with Gasteiger partial charge in [0.2, 0.25) is 6.10 Å². The van der Waals surface area contributed by atoms with Gasteiger partial charge in [-0.25, -0.2) is 4.39 Å². The Morgan fingerprint density at radius 3 is 2.46 bits per heavy atom. The highest BCUT2D eigenvalue weighted by molar-refractivity contribution is 7.99. The number of nitrogens with one attached hydrogen (secondary N) is 1. The first-order valence-corrected chi connectivity index (χ1v) is 9.53. The molecule has 2 aromatic rings. The van der Waals surface area contributed by atoms with Gasteiger partial charge in [-0.2, -0.15) is 0 Å². The third-order valence-electron chi connectivity index (χ3n) is 3.90. The fourth-order valence-electron chi connectivity index (χ4n) is 2.38. The van der Waals surface area contributed by atoms with Crippen molar-refractivity contribution < 1.29 is 18.7 Å². The Bertz CT molecular complexity index is 747. The molecule has 4 nitrogen and oxygen atoms in total. The van der Waals surface area contributed by atoms with Crippen molar-refractivity contribution in [3.8, 4) is 0 Å². The number of carbonyl (C=O) groups is 2. The first kappa shape index (κ1) is 18.5. The minimum atomic E-state index is -0.930. The zero-order valence-electron chi connectivity index (χ0n) is 14.2. The van der Waals surface area contributed by atoms with Crippen molar-refractivity contribution in [1.29, 1.82) is 0 Å². The molecule has 1 saturated carbocycles. The quantitative estimate of drug-likeness (QED) is 0.564. The fourth-order valence-corrected chi connectivity index (χ4v) is 3.21. The van der Waals surface area contributed by atoms with Crippen LogP contribution in [-0.2, 0) is 14.3 Å². The van der Waals surface area contributed by atoms with Crippen LogP contribution in [0.15, 0.2) is 59.5 Å². The molecule has 1 aliphatic rings. The van der Waals surface area contributed by atoms with Gasteiger partial charge >= 0.3 is 5.97 Å². The molecule has 0 aliphatic heterocycles. The van der Waals surface area contributed by atoms with Crippen LogP contribution in [-0.4, -0.2) is 23.7 Å². The molecule has 6 heteroatoms. The first-order chi connectivity index (χ1) is 12.6. The van der Waals surface area contributed by atoms with Gasteiger partial charge in [-0.3, -0.25) is 9.59 Å². The molecule has 1 N–H and O–H groups in total. The minimum Gasteiger partial charge on any atom is -0.447 e. The van der Waals surface area contributed by atoms with Crippen LogP contribution >= 0.6 is 11.8 Å². The van der Waals surface area contributed by atoms with Gasteiger partial charge in [-0.1, -0.05) is 30.3 Å². The Balaban J connectivity index is 1.54. The zero-order valence-corrected chi connectivity index (χ0v) is 15.0. The Labute approximate surface area is 156 Å². The number of carbonyl (C=O) groups excluding carboxylic acids is 2. The largest absolute Gasteiger partial charge is 0.447 e. The standard InChI is InChI=1S/C20H20FNO3S/c21-15-6-10-17(11-7-15)26-13-12-18(23)25-19(14-4-2-1-3-5-14)20(24)22-16-8-9-16/h1-7,10-11,16,19H,8-9,12-13H2,(H,22,24)/t19-/m0/s1. The summed E-state index contributed by atoms with van der Waals surface area (Å²) in [4.78, 5) is 25.5. The summed E-state index contributed by atoms with van der Waals surface area (Å²) in [6.07, 6.45) is 1.17. The van der Waals surface area contributed by atoms with Crippen molar-refractivity contribution in [2.24, 2.45) is 0 Å². The molecule has 1 fully saturated rings. The lowest BCUT2D eigenvalue weighted by molar-refractivity contribution is -0.156. The molecule has 0 radical (unpaired) electrons. The van der Waals surface area contributed by atoms with Gasteiger partial charge in [0.15, 0.2) is 0 Å². The lowest BCUT2D eigenvalue weighted by Gasteiger charge is -2.18. The predicted octanol–water partition coefficient (Wildman–Crippen LogP) is 3.87. The van der Waals surface area contributed by atoms with E-state index in [1.165, 1.54) is 23.9 Å². The summed E-state index contributed by atoms with van der Waals surface area (Å²) in [5.74, 6) is -0.505. The van der Waals surface area contributed by atoms with Crippen LogP contribution in [0, 0.1) is 5.82 Å². The van der Waals surface area contributed by atoms with Gasteiger partial charge in [0, 0.05) is 22.3 Å². The topological polar surface area (TPSA) is 55.4 Å². The molecule has 0 spiro atoms. The highest BCUT2D eigenvalue weighted by Gasteiger charge is 2.30. The highest BCUT2D eigenvalue weighted by atomic mass is 32.2. The Kier molecular flexibility index (Phi) is 6.28. The van der Waals surface area contributed by atoms with E-state index >= 15 is 0 Å². The average Bonchev–Trinajstić information content (AvgIpc) is 3.46. The molecule has 136 valence electrons. The molecule has 1 amide bonds. The van der Waals surface area contributed by atoms with E-state index in [2.05, 4.69) is 5.32 Å². The second-order valence-electron chi connectivity index (χ2n) is 6.12. The maximum absolute atomic E-state index is 12.9. The third kappa shape index (κ3) is 5.59. The van der Waals surface area contributed by atoms with E-state index in [1.54, 1.807) is 24.3 Å². The summed E-state index contributed by atoms with van der Waals surface area (Å²) < 4.78 is 18.4. The predicted molar refractivity (Wildman–Crippen MR) is 98.2 cm³/mol. The molecular weight excluding hydrogens is 353 g/mol. The number of rotatable bonds is 8. The van der Waals surface area contributed by atoms with E-state index in [0.29, 0.717) is 11.3 Å². The van der Waals surface area contributed by atoms with E-state index < -0.39 is 12.1 Å². The number of ether oxygens (including phenoxy) is 1. The third-order valence-corrected chi connectivity index (χ3v) is 4.92. The van der Waals surface area contributed by atoms with Crippen molar-refractivity contribution in [2.75, 3.05) is 5.75 Å². The number of esters is 1. The van der Waals surface area contributed by atoms with Gasteiger partial charge < -0.3 is 10.1 Å². The molecule has 0 aromatic heterocycles. The molecule has 3 rings (SSSR count). The van der Waals surface area contributed by atoms with Crippen molar-refractivity contribution in [3.05, 3.63) is 66.0 Å². The van der Waals surface area contributed by atoms with Crippen molar-refractivity contribution in [1.82, 2.24) is 5.32 Å². The van der Waals surface area contributed by atoms with Crippen molar-refractivity contribution >= 4 is 23.6 Å². The van der Waals surface area contributed by atoms with E-state index in [9.17, 15) is 14.0 Å². The molecule has 0 bridgehead atoms. The summed E-state index contributed by atoms with van der Waals surface area (Å²) in [7, 11) is 0. The molecule has 1 aliphatic carbocycles.